The van der Waals surface area contributed by atoms with Crippen LogP contribution in [0.5, 0.6) is 0 Å². The van der Waals surface area contributed by atoms with Crippen molar-refractivity contribution in [1.29, 1.82) is 0 Å². The highest BCUT2D eigenvalue weighted by atomic mass is 79.9. The zero-order valence-corrected chi connectivity index (χ0v) is 17.4. The summed E-state index contributed by atoms with van der Waals surface area (Å²) in [7, 11) is 0. The van der Waals surface area contributed by atoms with Gasteiger partial charge < -0.3 is 5.32 Å². The maximum absolute atomic E-state index is 12.3. The van der Waals surface area contributed by atoms with E-state index in [1.165, 1.54) is 17.8 Å². The number of rotatable bonds is 7. The second kappa shape index (κ2) is 10.1. The Balaban J connectivity index is 1.56. The number of Topliss-reactive ketones (excluding diaryl/α,β-unsaturated/α-hetero) is 1. The minimum atomic E-state index is -0.197. The van der Waals surface area contributed by atoms with E-state index in [0.717, 1.165) is 14.9 Å². The van der Waals surface area contributed by atoms with Gasteiger partial charge in [-0.05, 0) is 42.0 Å². The number of amides is 1. The Morgan fingerprint density at radius 1 is 0.929 bits per heavy atom. The van der Waals surface area contributed by atoms with Crippen LogP contribution in [0.2, 0.25) is 0 Å². The van der Waals surface area contributed by atoms with Crippen LogP contribution >= 0.6 is 27.7 Å². The summed E-state index contributed by atoms with van der Waals surface area (Å²) in [6.07, 6.45) is 3.27. The normalized spacial score (nSPS) is 10.8. The standard InChI is InChI=1S/C23H18BrNO2S/c24-19-12-10-18(11-13-19)22(26)16-28-21-8-4-7-20(15-21)25-23(27)14-9-17-5-2-1-3-6-17/h1-15H,16H2,(H,25,27)/b14-9+. The van der Waals surface area contributed by atoms with Gasteiger partial charge in [0, 0.05) is 26.7 Å². The van der Waals surface area contributed by atoms with E-state index in [9.17, 15) is 9.59 Å². The largest absolute Gasteiger partial charge is 0.322 e. The van der Waals surface area contributed by atoms with Crippen molar-refractivity contribution in [2.45, 2.75) is 4.90 Å². The van der Waals surface area contributed by atoms with Crippen molar-refractivity contribution in [1.82, 2.24) is 0 Å². The number of nitrogens with one attached hydrogen (secondary N) is 1. The lowest BCUT2D eigenvalue weighted by molar-refractivity contribution is -0.111. The summed E-state index contributed by atoms with van der Waals surface area (Å²) in [6, 6.07) is 24.5. The summed E-state index contributed by atoms with van der Waals surface area (Å²) in [6.45, 7) is 0. The Kier molecular flexibility index (Phi) is 7.23. The molecule has 0 bridgehead atoms. The first kappa shape index (κ1) is 20.1. The number of carbonyl (C=O) groups is 2. The van der Waals surface area contributed by atoms with Crippen LogP contribution in [0.4, 0.5) is 5.69 Å². The van der Waals surface area contributed by atoms with Gasteiger partial charge in [-0.3, -0.25) is 9.59 Å². The molecular formula is C23H18BrNO2S. The van der Waals surface area contributed by atoms with Crippen molar-refractivity contribution in [2.75, 3.05) is 11.1 Å². The highest BCUT2D eigenvalue weighted by molar-refractivity contribution is 9.10. The van der Waals surface area contributed by atoms with Gasteiger partial charge in [0.15, 0.2) is 5.78 Å². The summed E-state index contributed by atoms with van der Waals surface area (Å²) in [5, 5.41) is 2.85. The first-order valence-corrected chi connectivity index (χ1v) is 10.4. The summed E-state index contributed by atoms with van der Waals surface area (Å²) in [5.41, 5.74) is 2.35. The van der Waals surface area contributed by atoms with Gasteiger partial charge in [0.2, 0.25) is 5.91 Å². The molecule has 0 aromatic heterocycles. The van der Waals surface area contributed by atoms with Crippen molar-refractivity contribution in [2.24, 2.45) is 0 Å². The molecule has 0 aliphatic heterocycles. The first-order chi connectivity index (χ1) is 13.6. The van der Waals surface area contributed by atoms with E-state index in [1.807, 2.05) is 78.9 Å². The molecule has 0 radical (unpaired) electrons. The third-order valence-corrected chi connectivity index (χ3v) is 5.39. The number of halogens is 1. The maximum Gasteiger partial charge on any atom is 0.248 e. The molecule has 0 heterocycles. The number of carbonyl (C=O) groups excluding carboxylic acids is 2. The third kappa shape index (κ3) is 6.22. The minimum Gasteiger partial charge on any atom is -0.322 e. The van der Waals surface area contributed by atoms with Crippen molar-refractivity contribution in [3.63, 3.8) is 0 Å². The summed E-state index contributed by atoms with van der Waals surface area (Å²) < 4.78 is 0.946. The molecule has 5 heteroatoms. The number of hydrogen-bond donors (Lipinski definition) is 1. The van der Waals surface area contributed by atoms with E-state index >= 15 is 0 Å². The highest BCUT2D eigenvalue weighted by Gasteiger charge is 2.07. The molecule has 0 unspecified atom stereocenters. The topological polar surface area (TPSA) is 46.2 Å². The van der Waals surface area contributed by atoms with E-state index in [2.05, 4.69) is 21.2 Å². The van der Waals surface area contributed by atoms with Crippen molar-refractivity contribution >= 4 is 51.1 Å². The Morgan fingerprint density at radius 2 is 1.68 bits per heavy atom. The molecule has 0 atom stereocenters. The first-order valence-electron chi connectivity index (χ1n) is 8.66. The predicted octanol–water partition coefficient (Wildman–Crippen LogP) is 6.08. The molecule has 0 saturated heterocycles. The average molecular weight is 452 g/mol. The van der Waals surface area contributed by atoms with Gasteiger partial charge in [0.25, 0.3) is 0 Å². The predicted molar refractivity (Wildman–Crippen MR) is 120 cm³/mol. The van der Waals surface area contributed by atoms with Crippen LogP contribution in [0, 0.1) is 0 Å². The summed E-state index contributed by atoms with van der Waals surface area (Å²) >= 11 is 4.81. The number of hydrogen-bond acceptors (Lipinski definition) is 3. The molecule has 1 amide bonds. The van der Waals surface area contributed by atoms with Crippen LogP contribution in [0.1, 0.15) is 15.9 Å². The number of benzene rings is 3. The SMILES string of the molecule is O=C(/C=C/c1ccccc1)Nc1cccc(SCC(=O)c2ccc(Br)cc2)c1. The van der Waals surface area contributed by atoms with Crippen molar-refractivity contribution in [3.8, 4) is 0 Å². The lowest BCUT2D eigenvalue weighted by atomic mass is 10.2. The van der Waals surface area contributed by atoms with Crippen LogP contribution in [0.25, 0.3) is 6.08 Å². The van der Waals surface area contributed by atoms with Crippen LogP contribution in [-0.4, -0.2) is 17.4 Å². The van der Waals surface area contributed by atoms with E-state index in [1.54, 1.807) is 6.08 Å². The average Bonchev–Trinajstić information content (AvgIpc) is 2.72. The smallest absolute Gasteiger partial charge is 0.248 e. The van der Waals surface area contributed by atoms with Crippen LogP contribution in [0.3, 0.4) is 0 Å². The van der Waals surface area contributed by atoms with Gasteiger partial charge in [0.05, 0.1) is 5.75 Å². The zero-order chi connectivity index (χ0) is 19.8. The quantitative estimate of drug-likeness (QED) is 0.269. The number of anilines is 1. The molecule has 28 heavy (non-hydrogen) atoms. The molecule has 3 aromatic carbocycles. The molecule has 0 aliphatic rings. The van der Waals surface area contributed by atoms with E-state index in [-0.39, 0.29) is 11.7 Å². The van der Waals surface area contributed by atoms with Gasteiger partial charge in [-0.1, -0.05) is 64.5 Å². The summed E-state index contributed by atoms with van der Waals surface area (Å²) in [5.74, 6) is 0.210. The Labute approximate surface area is 177 Å². The molecule has 0 fully saturated rings. The van der Waals surface area contributed by atoms with Gasteiger partial charge in [0.1, 0.15) is 0 Å². The maximum atomic E-state index is 12.3. The van der Waals surface area contributed by atoms with Crippen LogP contribution in [0.15, 0.2) is 94.3 Å². The molecular weight excluding hydrogens is 434 g/mol. The molecule has 140 valence electrons. The fourth-order valence-electron chi connectivity index (χ4n) is 2.45. The van der Waals surface area contributed by atoms with Gasteiger partial charge in [-0.15, -0.1) is 11.8 Å². The number of ketones is 1. The number of thioether (sulfide) groups is 1. The van der Waals surface area contributed by atoms with Gasteiger partial charge >= 0.3 is 0 Å². The van der Waals surface area contributed by atoms with Crippen LogP contribution < -0.4 is 5.32 Å². The van der Waals surface area contributed by atoms with Crippen molar-refractivity contribution < 1.29 is 9.59 Å². The van der Waals surface area contributed by atoms with Gasteiger partial charge in [-0.25, -0.2) is 0 Å². The molecule has 1 N–H and O–H groups in total. The second-order valence-corrected chi connectivity index (χ2v) is 7.94. The molecule has 3 rings (SSSR count). The lowest BCUT2D eigenvalue weighted by Crippen LogP contribution is -2.07. The lowest BCUT2D eigenvalue weighted by Gasteiger charge is -2.06. The van der Waals surface area contributed by atoms with E-state index in [4.69, 9.17) is 0 Å². The molecule has 3 nitrogen and oxygen atoms in total. The fraction of sp³-hybridized carbons (Fsp3) is 0.0435. The van der Waals surface area contributed by atoms with Crippen LogP contribution in [-0.2, 0) is 4.79 Å². The summed E-state index contributed by atoms with van der Waals surface area (Å²) in [4.78, 5) is 25.3. The molecule has 3 aromatic rings. The molecule has 0 saturated carbocycles. The molecule has 0 aliphatic carbocycles. The molecule has 0 spiro atoms. The fourth-order valence-corrected chi connectivity index (χ4v) is 3.57. The Bertz CT molecular complexity index is 985. The second-order valence-electron chi connectivity index (χ2n) is 5.98. The minimum absolute atomic E-state index is 0.0673. The Morgan fingerprint density at radius 3 is 2.43 bits per heavy atom. The monoisotopic (exact) mass is 451 g/mol. The van der Waals surface area contributed by atoms with E-state index < -0.39 is 0 Å². The Hall–Kier alpha value is -2.63. The zero-order valence-electron chi connectivity index (χ0n) is 15.0. The van der Waals surface area contributed by atoms with E-state index in [0.29, 0.717) is 17.0 Å². The highest BCUT2D eigenvalue weighted by Crippen LogP contribution is 2.23. The third-order valence-electron chi connectivity index (χ3n) is 3.86. The van der Waals surface area contributed by atoms with Crippen molar-refractivity contribution in [3.05, 3.63) is 101 Å². The van der Waals surface area contributed by atoms with Gasteiger partial charge in [-0.2, -0.15) is 0 Å².